The quantitative estimate of drug-likeness (QED) is 0.836. The average Bonchev–Trinajstić information content (AvgIpc) is 2.24. The summed E-state index contributed by atoms with van der Waals surface area (Å²) in [5, 5.41) is 14.2. The molecular formula is C13H19Cl2NO. The Morgan fingerprint density at radius 2 is 1.94 bits per heavy atom. The molecule has 0 fully saturated rings. The lowest BCUT2D eigenvalue weighted by Gasteiger charge is -2.14. The molecule has 1 atom stereocenters. The van der Waals surface area contributed by atoms with Gasteiger partial charge in [-0.25, -0.2) is 0 Å². The summed E-state index contributed by atoms with van der Waals surface area (Å²) < 4.78 is 0. The Balaban J connectivity index is 2.45. The van der Waals surface area contributed by atoms with Crippen LogP contribution in [-0.2, 0) is 6.42 Å². The second-order valence-corrected chi connectivity index (χ2v) is 5.41. The Morgan fingerprint density at radius 1 is 1.24 bits per heavy atom. The molecule has 1 aromatic carbocycles. The zero-order valence-corrected chi connectivity index (χ0v) is 11.7. The van der Waals surface area contributed by atoms with Crippen LogP contribution < -0.4 is 5.32 Å². The van der Waals surface area contributed by atoms with Crippen molar-refractivity contribution in [2.24, 2.45) is 5.92 Å². The molecule has 0 spiro atoms. The highest BCUT2D eigenvalue weighted by Gasteiger charge is 2.10. The normalized spacial score (nSPS) is 13.1. The van der Waals surface area contributed by atoms with E-state index in [0.717, 1.165) is 12.1 Å². The minimum atomic E-state index is -0.440. The van der Waals surface area contributed by atoms with E-state index < -0.39 is 6.10 Å². The third-order valence-electron chi connectivity index (χ3n) is 2.42. The van der Waals surface area contributed by atoms with Crippen LogP contribution in [0.2, 0.25) is 10.0 Å². The Labute approximate surface area is 113 Å². The van der Waals surface area contributed by atoms with Gasteiger partial charge in [0.15, 0.2) is 0 Å². The fourth-order valence-corrected chi connectivity index (χ4v) is 1.97. The number of halogens is 2. The van der Waals surface area contributed by atoms with Crippen molar-refractivity contribution < 1.29 is 5.11 Å². The van der Waals surface area contributed by atoms with Crippen molar-refractivity contribution in [1.29, 1.82) is 0 Å². The van der Waals surface area contributed by atoms with Gasteiger partial charge in [0.1, 0.15) is 0 Å². The van der Waals surface area contributed by atoms with E-state index in [1.165, 1.54) is 0 Å². The summed E-state index contributed by atoms with van der Waals surface area (Å²) in [6, 6.07) is 5.48. The van der Waals surface area contributed by atoms with E-state index in [1.807, 2.05) is 12.1 Å². The molecule has 0 aliphatic rings. The van der Waals surface area contributed by atoms with Gasteiger partial charge < -0.3 is 10.4 Å². The van der Waals surface area contributed by atoms with E-state index >= 15 is 0 Å². The minimum absolute atomic E-state index is 0.440. The number of rotatable bonds is 6. The van der Waals surface area contributed by atoms with Crippen LogP contribution in [0.4, 0.5) is 0 Å². The van der Waals surface area contributed by atoms with Crippen molar-refractivity contribution in [3.63, 3.8) is 0 Å². The molecule has 0 bridgehead atoms. The summed E-state index contributed by atoms with van der Waals surface area (Å²) in [7, 11) is 0. The van der Waals surface area contributed by atoms with Gasteiger partial charge in [-0.1, -0.05) is 49.2 Å². The molecule has 1 rings (SSSR count). The maximum Gasteiger partial charge on any atom is 0.0705 e. The number of aliphatic hydroxyl groups excluding tert-OH is 1. The van der Waals surface area contributed by atoms with Crippen LogP contribution in [0.25, 0.3) is 0 Å². The first-order valence-electron chi connectivity index (χ1n) is 5.82. The first kappa shape index (κ1) is 14.8. The summed E-state index contributed by atoms with van der Waals surface area (Å²) in [4.78, 5) is 0. The van der Waals surface area contributed by atoms with Gasteiger partial charge in [-0.15, -0.1) is 0 Å². The lowest BCUT2D eigenvalue weighted by Crippen LogP contribution is -2.30. The molecule has 0 aliphatic carbocycles. The van der Waals surface area contributed by atoms with E-state index in [-0.39, 0.29) is 0 Å². The molecule has 17 heavy (non-hydrogen) atoms. The van der Waals surface area contributed by atoms with E-state index in [9.17, 15) is 5.11 Å². The zero-order chi connectivity index (χ0) is 12.8. The van der Waals surface area contributed by atoms with Crippen molar-refractivity contribution in [2.45, 2.75) is 26.4 Å². The molecule has 0 aliphatic heterocycles. The van der Waals surface area contributed by atoms with E-state index in [4.69, 9.17) is 23.2 Å². The lowest BCUT2D eigenvalue weighted by atomic mass is 10.1. The highest BCUT2D eigenvalue weighted by atomic mass is 35.5. The SMILES string of the molecule is CC(C)CNCC(O)Cc1cccc(Cl)c1Cl. The predicted octanol–water partition coefficient (Wildman–Crippen LogP) is 3.14. The molecule has 0 radical (unpaired) electrons. The largest absolute Gasteiger partial charge is 0.391 e. The molecule has 0 amide bonds. The number of hydrogen-bond donors (Lipinski definition) is 2. The van der Waals surface area contributed by atoms with Crippen molar-refractivity contribution in [3.8, 4) is 0 Å². The van der Waals surface area contributed by atoms with Gasteiger partial charge in [0.2, 0.25) is 0 Å². The van der Waals surface area contributed by atoms with E-state index in [2.05, 4.69) is 19.2 Å². The zero-order valence-electron chi connectivity index (χ0n) is 10.2. The molecule has 0 heterocycles. The second-order valence-electron chi connectivity index (χ2n) is 4.62. The molecule has 4 heteroatoms. The highest BCUT2D eigenvalue weighted by molar-refractivity contribution is 6.42. The van der Waals surface area contributed by atoms with Crippen molar-refractivity contribution in [2.75, 3.05) is 13.1 Å². The van der Waals surface area contributed by atoms with Gasteiger partial charge in [0.05, 0.1) is 16.1 Å². The van der Waals surface area contributed by atoms with E-state index in [1.54, 1.807) is 6.07 Å². The van der Waals surface area contributed by atoms with Crippen LogP contribution in [0.5, 0.6) is 0 Å². The number of hydrogen-bond acceptors (Lipinski definition) is 2. The Hall–Kier alpha value is -0.280. The Kier molecular flexibility index (Phi) is 6.28. The van der Waals surface area contributed by atoms with Gasteiger partial charge in [-0.3, -0.25) is 0 Å². The fourth-order valence-electron chi connectivity index (χ4n) is 1.57. The molecule has 0 saturated heterocycles. The minimum Gasteiger partial charge on any atom is -0.391 e. The van der Waals surface area contributed by atoms with Gasteiger partial charge in [-0.2, -0.15) is 0 Å². The maximum absolute atomic E-state index is 9.87. The fraction of sp³-hybridized carbons (Fsp3) is 0.538. The molecule has 0 aromatic heterocycles. The van der Waals surface area contributed by atoms with Gasteiger partial charge in [0.25, 0.3) is 0 Å². The molecule has 1 aromatic rings. The van der Waals surface area contributed by atoms with Gasteiger partial charge in [0, 0.05) is 13.0 Å². The summed E-state index contributed by atoms with van der Waals surface area (Å²) in [5.74, 6) is 0.581. The molecule has 0 saturated carbocycles. The molecule has 96 valence electrons. The third-order valence-corrected chi connectivity index (χ3v) is 3.28. The van der Waals surface area contributed by atoms with E-state index in [0.29, 0.717) is 28.9 Å². The van der Waals surface area contributed by atoms with Crippen molar-refractivity contribution in [1.82, 2.24) is 5.32 Å². The molecule has 1 unspecified atom stereocenters. The summed E-state index contributed by atoms with van der Waals surface area (Å²) >= 11 is 12.0. The molecule has 2 N–H and O–H groups in total. The molecule has 2 nitrogen and oxygen atoms in total. The lowest BCUT2D eigenvalue weighted by molar-refractivity contribution is 0.170. The maximum atomic E-state index is 9.87. The highest BCUT2D eigenvalue weighted by Crippen LogP contribution is 2.26. The van der Waals surface area contributed by atoms with Crippen LogP contribution in [0.3, 0.4) is 0 Å². The second kappa shape index (κ2) is 7.22. The van der Waals surface area contributed by atoms with Crippen LogP contribution in [0.1, 0.15) is 19.4 Å². The predicted molar refractivity (Wildman–Crippen MR) is 73.9 cm³/mol. The smallest absolute Gasteiger partial charge is 0.0705 e. The standard InChI is InChI=1S/C13H19Cl2NO/c1-9(2)7-16-8-11(17)6-10-4-3-5-12(14)13(10)15/h3-5,9,11,16-17H,6-8H2,1-2H3. The number of aliphatic hydroxyl groups is 1. The van der Waals surface area contributed by atoms with Crippen molar-refractivity contribution in [3.05, 3.63) is 33.8 Å². The first-order chi connectivity index (χ1) is 8.00. The number of nitrogens with one attached hydrogen (secondary N) is 1. The summed E-state index contributed by atoms with van der Waals surface area (Å²) in [6.45, 7) is 5.74. The Bertz CT molecular complexity index is 355. The number of benzene rings is 1. The summed E-state index contributed by atoms with van der Waals surface area (Å²) in [6.07, 6.45) is 0.0783. The van der Waals surface area contributed by atoms with Crippen molar-refractivity contribution >= 4 is 23.2 Å². The monoisotopic (exact) mass is 275 g/mol. The van der Waals surface area contributed by atoms with Crippen LogP contribution >= 0.6 is 23.2 Å². The average molecular weight is 276 g/mol. The summed E-state index contributed by atoms with van der Waals surface area (Å²) in [5.41, 5.74) is 0.887. The van der Waals surface area contributed by atoms with Gasteiger partial charge >= 0.3 is 0 Å². The Morgan fingerprint density at radius 3 is 2.59 bits per heavy atom. The molecular weight excluding hydrogens is 257 g/mol. The van der Waals surface area contributed by atoms with Crippen LogP contribution in [0, 0.1) is 5.92 Å². The topological polar surface area (TPSA) is 32.3 Å². The van der Waals surface area contributed by atoms with Gasteiger partial charge in [-0.05, 0) is 24.1 Å². The van der Waals surface area contributed by atoms with Crippen LogP contribution in [-0.4, -0.2) is 24.3 Å². The first-order valence-corrected chi connectivity index (χ1v) is 6.58. The van der Waals surface area contributed by atoms with Crippen LogP contribution in [0.15, 0.2) is 18.2 Å². The third kappa shape index (κ3) is 5.26.